The predicted octanol–water partition coefficient (Wildman–Crippen LogP) is 4.02. The molecule has 156 valence electrons. The zero-order valence-electron chi connectivity index (χ0n) is 17.1. The van der Waals surface area contributed by atoms with Crippen molar-refractivity contribution in [2.75, 3.05) is 0 Å². The second-order valence-electron chi connectivity index (χ2n) is 6.89. The number of nitrogens with one attached hydrogen (secondary N) is 1. The van der Waals surface area contributed by atoms with E-state index in [4.69, 9.17) is 13.9 Å². The van der Waals surface area contributed by atoms with Crippen molar-refractivity contribution >= 4 is 23.0 Å². The van der Waals surface area contributed by atoms with Crippen molar-refractivity contribution in [2.45, 2.75) is 39.8 Å². The zero-order chi connectivity index (χ0) is 21.7. The van der Waals surface area contributed by atoms with Gasteiger partial charge in [0.25, 0.3) is 0 Å². The molecular formula is C23H23NO6. The average Bonchev–Trinajstić information content (AvgIpc) is 2.75. The van der Waals surface area contributed by atoms with Crippen LogP contribution < -0.4 is 15.7 Å². The number of carbonyl (C=O) groups excluding carboxylic acids is 2. The van der Waals surface area contributed by atoms with E-state index in [0.717, 1.165) is 16.5 Å². The number of alkyl carbamates (subject to hydrolysis) is 1. The van der Waals surface area contributed by atoms with Gasteiger partial charge >= 0.3 is 17.7 Å². The van der Waals surface area contributed by atoms with Gasteiger partial charge in [0.1, 0.15) is 24.0 Å². The first kappa shape index (κ1) is 21.1. The number of amides is 1. The van der Waals surface area contributed by atoms with Crippen LogP contribution in [0.1, 0.15) is 30.0 Å². The second-order valence-corrected chi connectivity index (χ2v) is 6.89. The Bertz CT molecular complexity index is 1120. The summed E-state index contributed by atoms with van der Waals surface area (Å²) in [5.74, 6) is -0.420. The molecule has 7 nitrogen and oxygen atoms in total. The normalized spacial score (nSPS) is 11.7. The van der Waals surface area contributed by atoms with Gasteiger partial charge in [0.2, 0.25) is 0 Å². The Morgan fingerprint density at radius 3 is 2.50 bits per heavy atom. The molecule has 2 aromatic carbocycles. The highest BCUT2D eigenvalue weighted by atomic mass is 16.6. The first-order valence-electron chi connectivity index (χ1n) is 9.62. The van der Waals surface area contributed by atoms with Crippen molar-refractivity contribution in [3.63, 3.8) is 0 Å². The first-order valence-corrected chi connectivity index (χ1v) is 9.62. The van der Waals surface area contributed by atoms with Gasteiger partial charge in [0.05, 0.1) is 0 Å². The Morgan fingerprint density at radius 2 is 1.80 bits per heavy atom. The monoisotopic (exact) mass is 409 g/mol. The molecule has 0 bridgehead atoms. The summed E-state index contributed by atoms with van der Waals surface area (Å²) < 4.78 is 15.8. The van der Waals surface area contributed by atoms with Gasteiger partial charge in [0, 0.05) is 17.0 Å². The van der Waals surface area contributed by atoms with E-state index >= 15 is 0 Å². The summed E-state index contributed by atoms with van der Waals surface area (Å²) in [6.07, 6.45) is -0.390. The number of ether oxygens (including phenoxy) is 2. The smallest absolute Gasteiger partial charge is 0.408 e. The Kier molecular flexibility index (Phi) is 6.51. The standard InChI is InChI=1S/C23H23NO6/c1-4-19(24-23(27)28-13-16-8-6-5-7-9-16)22(26)29-17-10-11-18-14(2)15(3)21(25)30-20(18)12-17/h5-12,19H,4,13H2,1-3H3,(H,24,27). The van der Waals surface area contributed by atoms with Gasteiger partial charge in [-0.25, -0.2) is 14.4 Å². The van der Waals surface area contributed by atoms with Gasteiger partial charge in [0.15, 0.2) is 0 Å². The molecule has 1 N–H and O–H groups in total. The molecule has 1 heterocycles. The van der Waals surface area contributed by atoms with Crippen LogP contribution in [0.5, 0.6) is 5.75 Å². The summed E-state index contributed by atoms with van der Waals surface area (Å²) in [4.78, 5) is 36.4. The minimum Gasteiger partial charge on any atom is -0.445 e. The molecule has 3 rings (SSSR count). The van der Waals surface area contributed by atoms with E-state index < -0.39 is 23.7 Å². The molecule has 1 amide bonds. The van der Waals surface area contributed by atoms with Crippen LogP contribution in [0.25, 0.3) is 11.0 Å². The number of fused-ring (bicyclic) bond motifs is 1. The molecule has 1 unspecified atom stereocenters. The topological polar surface area (TPSA) is 94.8 Å². The van der Waals surface area contributed by atoms with Crippen molar-refractivity contribution in [3.8, 4) is 5.75 Å². The third-order valence-electron chi connectivity index (χ3n) is 4.84. The van der Waals surface area contributed by atoms with E-state index in [1.807, 2.05) is 37.3 Å². The molecular weight excluding hydrogens is 386 g/mol. The Morgan fingerprint density at radius 1 is 1.07 bits per heavy atom. The molecule has 0 radical (unpaired) electrons. The Hall–Kier alpha value is -3.61. The summed E-state index contributed by atoms with van der Waals surface area (Å²) in [5.41, 5.74) is 2.09. The molecule has 1 atom stereocenters. The molecule has 3 aromatic rings. The van der Waals surface area contributed by atoms with Crippen LogP contribution in [0.3, 0.4) is 0 Å². The molecule has 0 fully saturated rings. The lowest BCUT2D eigenvalue weighted by atomic mass is 10.1. The molecule has 0 aliphatic rings. The lowest BCUT2D eigenvalue weighted by Gasteiger charge is -2.16. The van der Waals surface area contributed by atoms with E-state index in [1.54, 1.807) is 26.0 Å². The van der Waals surface area contributed by atoms with Crippen molar-refractivity contribution in [3.05, 3.63) is 75.6 Å². The van der Waals surface area contributed by atoms with Gasteiger partial charge in [-0.2, -0.15) is 0 Å². The number of hydrogen-bond acceptors (Lipinski definition) is 6. The highest BCUT2D eigenvalue weighted by Gasteiger charge is 2.22. The van der Waals surface area contributed by atoms with Gasteiger partial charge in [-0.1, -0.05) is 37.3 Å². The maximum absolute atomic E-state index is 12.5. The molecule has 0 aliphatic carbocycles. The summed E-state index contributed by atoms with van der Waals surface area (Å²) in [5, 5.41) is 3.28. The van der Waals surface area contributed by atoms with Crippen LogP contribution in [0.4, 0.5) is 4.79 Å². The van der Waals surface area contributed by atoms with Crippen molar-refractivity contribution < 1.29 is 23.5 Å². The van der Waals surface area contributed by atoms with Gasteiger partial charge < -0.3 is 19.2 Å². The minimum atomic E-state index is -0.879. The quantitative estimate of drug-likeness (QED) is 0.375. The number of aryl methyl sites for hydroxylation is 1. The summed E-state index contributed by atoms with van der Waals surface area (Å²) >= 11 is 0. The van der Waals surface area contributed by atoms with Crippen LogP contribution in [0.15, 0.2) is 57.7 Å². The zero-order valence-corrected chi connectivity index (χ0v) is 17.1. The van der Waals surface area contributed by atoms with E-state index in [9.17, 15) is 14.4 Å². The molecule has 0 spiro atoms. The SMILES string of the molecule is CCC(NC(=O)OCc1ccccc1)C(=O)Oc1ccc2c(C)c(C)c(=O)oc2c1. The minimum absolute atomic E-state index is 0.0978. The lowest BCUT2D eigenvalue weighted by Crippen LogP contribution is -2.42. The predicted molar refractivity (Wildman–Crippen MR) is 111 cm³/mol. The number of carbonyl (C=O) groups is 2. The van der Waals surface area contributed by atoms with Crippen LogP contribution in [0, 0.1) is 13.8 Å². The molecule has 7 heteroatoms. The average molecular weight is 409 g/mol. The molecule has 0 saturated heterocycles. The third-order valence-corrected chi connectivity index (χ3v) is 4.84. The van der Waals surface area contributed by atoms with E-state index in [2.05, 4.69) is 5.32 Å². The van der Waals surface area contributed by atoms with Crippen LogP contribution >= 0.6 is 0 Å². The molecule has 0 aliphatic heterocycles. The highest BCUT2D eigenvalue weighted by Crippen LogP contribution is 2.24. The number of rotatable bonds is 6. The van der Waals surface area contributed by atoms with Crippen LogP contribution in [-0.2, 0) is 16.1 Å². The van der Waals surface area contributed by atoms with Gasteiger partial charge in [-0.15, -0.1) is 0 Å². The second kappa shape index (κ2) is 9.26. The van der Waals surface area contributed by atoms with Crippen molar-refractivity contribution in [1.82, 2.24) is 5.32 Å². The number of hydrogen-bond donors (Lipinski definition) is 1. The fraction of sp³-hybridized carbons (Fsp3) is 0.261. The number of esters is 1. The number of benzene rings is 2. The molecule has 0 saturated carbocycles. The fourth-order valence-electron chi connectivity index (χ4n) is 2.91. The Balaban J connectivity index is 1.65. The van der Waals surface area contributed by atoms with Crippen molar-refractivity contribution in [1.29, 1.82) is 0 Å². The molecule has 1 aromatic heterocycles. The van der Waals surface area contributed by atoms with Crippen molar-refractivity contribution in [2.24, 2.45) is 0 Å². The van der Waals surface area contributed by atoms with Gasteiger partial charge in [-0.3, -0.25) is 0 Å². The summed E-state index contributed by atoms with van der Waals surface area (Å²) in [6, 6.07) is 13.2. The van der Waals surface area contributed by atoms with E-state index in [-0.39, 0.29) is 12.4 Å². The largest absolute Gasteiger partial charge is 0.445 e. The third kappa shape index (κ3) is 4.86. The lowest BCUT2D eigenvalue weighted by molar-refractivity contribution is -0.136. The Labute approximate surface area is 173 Å². The van der Waals surface area contributed by atoms with E-state index in [1.165, 1.54) is 6.07 Å². The van der Waals surface area contributed by atoms with E-state index in [0.29, 0.717) is 17.6 Å². The fourth-order valence-corrected chi connectivity index (χ4v) is 2.91. The molecule has 30 heavy (non-hydrogen) atoms. The summed E-state index contributed by atoms with van der Waals surface area (Å²) in [7, 11) is 0. The first-order chi connectivity index (χ1) is 14.4. The summed E-state index contributed by atoms with van der Waals surface area (Å²) in [6.45, 7) is 5.37. The maximum Gasteiger partial charge on any atom is 0.408 e. The maximum atomic E-state index is 12.5. The van der Waals surface area contributed by atoms with Crippen LogP contribution in [-0.4, -0.2) is 18.1 Å². The highest BCUT2D eigenvalue weighted by molar-refractivity contribution is 5.85. The van der Waals surface area contributed by atoms with Gasteiger partial charge in [-0.05, 0) is 43.5 Å². The van der Waals surface area contributed by atoms with Crippen LogP contribution in [0.2, 0.25) is 0 Å².